The number of aryl methyl sites for hydroxylation is 2. The van der Waals surface area contributed by atoms with Crippen molar-refractivity contribution in [2.24, 2.45) is 7.05 Å². The van der Waals surface area contributed by atoms with Crippen molar-refractivity contribution >= 4 is 17.4 Å². The van der Waals surface area contributed by atoms with Gasteiger partial charge in [-0.25, -0.2) is 0 Å². The average molecular weight is 259 g/mol. The fourth-order valence-electron chi connectivity index (χ4n) is 1.83. The van der Waals surface area contributed by atoms with Crippen LogP contribution in [0.15, 0.2) is 24.5 Å². The standard InChI is InChI=1S/C13H17N5O/c1-4-15-11-5-6-14-8-10(11)13(19)16-12-7-9(2)17-18(12)3/h5-8H,4H2,1-3H3,(H,14,15)(H,16,19). The predicted octanol–water partition coefficient (Wildman–Crippen LogP) is 1.81. The zero-order valence-corrected chi connectivity index (χ0v) is 11.3. The molecule has 2 N–H and O–H groups in total. The Hall–Kier alpha value is -2.37. The van der Waals surface area contributed by atoms with E-state index in [1.54, 1.807) is 30.2 Å². The van der Waals surface area contributed by atoms with E-state index < -0.39 is 0 Å². The van der Waals surface area contributed by atoms with Crippen LogP contribution >= 0.6 is 0 Å². The van der Waals surface area contributed by atoms with Gasteiger partial charge in [-0.2, -0.15) is 5.10 Å². The molecule has 0 aliphatic carbocycles. The highest BCUT2D eigenvalue weighted by atomic mass is 16.1. The Morgan fingerprint density at radius 2 is 2.26 bits per heavy atom. The topological polar surface area (TPSA) is 71.8 Å². The van der Waals surface area contributed by atoms with E-state index in [0.29, 0.717) is 11.4 Å². The first-order chi connectivity index (χ1) is 9.11. The van der Waals surface area contributed by atoms with Crippen molar-refractivity contribution in [1.29, 1.82) is 0 Å². The van der Waals surface area contributed by atoms with Crippen LogP contribution in [0.3, 0.4) is 0 Å². The first-order valence-corrected chi connectivity index (χ1v) is 6.11. The number of hydrogen-bond donors (Lipinski definition) is 2. The van der Waals surface area contributed by atoms with Crippen LogP contribution in [0.1, 0.15) is 23.0 Å². The quantitative estimate of drug-likeness (QED) is 0.878. The third-order valence-corrected chi connectivity index (χ3v) is 2.68. The fraction of sp³-hybridized carbons (Fsp3) is 0.308. The van der Waals surface area contributed by atoms with Gasteiger partial charge in [0, 0.05) is 32.1 Å². The van der Waals surface area contributed by atoms with Gasteiger partial charge in [0.05, 0.1) is 16.9 Å². The predicted molar refractivity (Wildman–Crippen MR) is 74.3 cm³/mol. The Balaban J connectivity index is 2.22. The van der Waals surface area contributed by atoms with Gasteiger partial charge in [0.2, 0.25) is 0 Å². The van der Waals surface area contributed by atoms with Crippen LogP contribution in [0.4, 0.5) is 11.5 Å². The highest BCUT2D eigenvalue weighted by molar-refractivity contribution is 6.07. The van der Waals surface area contributed by atoms with Gasteiger partial charge in [-0.05, 0) is 19.9 Å². The molecule has 0 bridgehead atoms. The lowest BCUT2D eigenvalue weighted by atomic mass is 10.2. The molecule has 0 saturated carbocycles. The van der Waals surface area contributed by atoms with E-state index in [9.17, 15) is 4.79 Å². The highest BCUT2D eigenvalue weighted by Gasteiger charge is 2.13. The molecule has 100 valence electrons. The molecule has 2 rings (SSSR count). The molecule has 2 aromatic rings. The molecular weight excluding hydrogens is 242 g/mol. The molecule has 0 aliphatic rings. The third-order valence-electron chi connectivity index (χ3n) is 2.68. The molecule has 1 amide bonds. The van der Waals surface area contributed by atoms with Crippen LogP contribution in [-0.2, 0) is 7.05 Å². The Bertz CT molecular complexity index is 590. The molecule has 2 aromatic heterocycles. The summed E-state index contributed by atoms with van der Waals surface area (Å²) in [5, 5.41) is 10.2. The SMILES string of the molecule is CCNc1ccncc1C(=O)Nc1cc(C)nn1C. The van der Waals surface area contributed by atoms with Crippen molar-refractivity contribution in [3.8, 4) is 0 Å². The molecule has 0 spiro atoms. The first kappa shape index (κ1) is 13.1. The van der Waals surface area contributed by atoms with E-state index in [2.05, 4.69) is 20.7 Å². The van der Waals surface area contributed by atoms with Crippen LogP contribution in [-0.4, -0.2) is 27.2 Å². The summed E-state index contributed by atoms with van der Waals surface area (Å²) in [6, 6.07) is 3.61. The second-order valence-electron chi connectivity index (χ2n) is 4.20. The summed E-state index contributed by atoms with van der Waals surface area (Å²) >= 11 is 0. The number of nitrogens with one attached hydrogen (secondary N) is 2. The van der Waals surface area contributed by atoms with Crippen LogP contribution in [0, 0.1) is 6.92 Å². The first-order valence-electron chi connectivity index (χ1n) is 6.11. The molecule has 0 fully saturated rings. The minimum absolute atomic E-state index is 0.202. The molecule has 0 radical (unpaired) electrons. The second-order valence-corrected chi connectivity index (χ2v) is 4.20. The van der Waals surface area contributed by atoms with Gasteiger partial charge in [-0.15, -0.1) is 0 Å². The van der Waals surface area contributed by atoms with Crippen molar-refractivity contribution in [3.63, 3.8) is 0 Å². The van der Waals surface area contributed by atoms with Gasteiger partial charge in [-0.1, -0.05) is 0 Å². The molecule has 6 heteroatoms. The monoisotopic (exact) mass is 259 g/mol. The molecule has 6 nitrogen and oxygen atoms in total. The molecule has 0 saturated heterocycles. The molecular formula is C13H17N5O. The van der Waals surface area contributed by atoms with Crippen LogP contribution < -0.4 is 10.6 Å². The maximum absolute atomic E-state index is 12.2. The van der Waals surface area contributed by atoms with E-state index in [4.69, 9.17) is 0 Å². The minimum atomic E-state index is -0.202. The molecule has 0 unspecified atom stereocenters. The summed E-state index contributed by atoms with van der Waals surface area (Å²) in [5.74, 6) is 0.459. The fourth-order valence-corrected chi connectivity index (χ4v) is 1.83. The number of amides is 1. The number of carbonyl (C=O) groups is 1. The Morgan fingerprint density at radius 3 is 2.89 bits per heavy atom. The summed E-state index contributed by atoms with van der Waals surface area (Å²) in [4.78, 5) is 16.2. The van der Waals surface area contributed by atoms with Crippen molar-refractivity contribution in [3.05, 3.63) is 35.8 Å². The minimum Gasteiger partial charge on any atom is -0.385 e. The third kappa shape index (κ3) is 2.90. The molecule has 19 heavy (non-hydrogen) atoms. The molecule has 0 aliphatic heterocycles. The van der Waals surface area contributed by atoms with Crippen LogP contribution in [0.25, 0.3) is 0 Å². The summed E-state index contributed by atoms with van der Waals surface area (Å²) in [6.45, 7) is 4.60. The van der Waals surface area contributed by atoms with E-state index in [0.717, 1.165) is 17.9 Å². The van der Waals surface area contributed by atoms with E-state index in [1.165, 1.54) is 0 Å². The molecule has 0 aromatic carbocycles. The lowest BCUT2D eigenvalue weighted by Crippen LogP contribution is -2.17. The van der Waals surface area contributed by atoms with E-state index >= 15 is 0 Å². The summed E-state index contributed by atoms with van der Waals surface area (Å²) in [7, 11) is 1.79. The lowest BCUT2D eigenvalue weighted by molar-refractivity contribution is 0.102. The van der Waals surface area contributed by atoms with Gasteiger partial charge >= 0.3 is 0 Å². The Kier molecular flexibility index (Phi) is 3.79. The Labute approximate surface area is 111 Å². The van der Waals surface area contributed by atoms with Crippen molar-refractivity contribution < 1.29 is 4.79 Å². The smallest absolute Gasteiger partial charge is 0.260 e. The summed E-state index contributed by atoms with van der Waals surface area (Å²) < 4.78 is 1.64. The molecule has 0 atom stereocenters. The number of hydrogen-bond acceptors (Lipinski definition) is 4. The number of carbonyl (C=O) groups excluding carboxylic acids is 1. The molecule has 2 heterocycles. The highest BCUT2D eigenvalue weighted by Crippen LogP contribution is 2.16. The summed E-state index contributed by atoms with van der Waals surface area (Å²) in [6.07, 6.45) is 3.21. The number of anilines is 2. The Morgan fingerprint density at radius 1 is 1.47 bits per heavy atom. The zero-order chi connectivity index (χ0) is 13.8. The van der Waals surface area contributed by atoms with Gasteiger partial charge in [0.1, 0.15) is 5.82 Å². The zero-order valence-electron chi connectivity index (χ0n) is 11.3. The lowest BCUT2D eigenvalue weighted by Gasteiger charge is -2.10. The van der Waals surface area contributed by atoms with Crippen molar-refractivity contribution in [1.82, 2.24) is 14.8 Å². The van der Waals surface area contributed by atoms with Crippen molar-refractivity contribution in [2.45, 2.75) is 13.8 Å². The number of rotatable bonds is 4. The summed E-state index contributed by atoms with van der Waals surface area (Å²) in [5.41, 5.74) is 2.15. The van der Waals surface area contributed by atoms with E-state index in [1.807, 2.05) is 19.9 Å². The average Bonchev–Trinajstić information content (AvgIpc) is 2.69. The van der Waals surface area contributed by atoms with Crippen LogP contribution in [0.5, 0.6) is 0 Å². The van der Waals surface area contributed by atoms with Gasteiger partial charge in [0.25, 0.3) is 5.91 Å². The normalized spacial score (nSPS) is 10.3. The van der Waals surface area contributed by atoms with Crippen molar-refractivity contribution in [2.75, 3.05) is 17.2 Å². The maximum atomic E-state index is 12.2. The van der Waals surface area contributed by atoms with Gasteiger partial charge in [0.15, 0.2) is 0 Å². The largest absolute Gasteiger partial charge is 0.385 e. The second kappa shape index (κ2) is 5.51. The number of aromatic nitrogens is 3. The number of nitrogens with zero attached hydrogens (tertiary/aromatic N) is 3. The maximum Gasteiger partial charge on any atom is 0.260 e. The van der Waals surface area contributed by atoms with Gasteiger partial charge < -0.3 is 10.6 Å². The number of pyridine rings is 1. The van der Waals surface area contributed by atoms with E-state index in [-0.39, 0.29) is 5.91 Å². The van der Waals surface area contributed by atoms with Gasteiger partial charge in [-0.3, -0.25) is 14.5 Å². The van der Waals surface area contributed by atoms with Crippen LogP contribution in [0.2, 0.25) is 0 Å².